The van der Waals surface area contributed by atoms with Crippen molar-refractivity contribution >= 4 is 22.2 Å². The van der Waals surface area contributed by atoms with Gasteiger partial charge in [-0.2, -0.15) is 5.10 Å². The molecule has 4 N–H and O–H groups in total. The van der Waals surface area contributed by atoms with Gasteiger partial charge >= 0.3 is 0 Å². The number of hydrogen-bond donors (Lipinski definition) is 3. The average Bonchev–Trinajstić information content (AvgIpc) is 3.39. The highest BCUT2D eigenvalue weighted by atomic mass is 16.5. The van der Waals surface area contributed by atoms with Crippen LogP contribution in [0.5, 0.6) is 5.75 Å². The van der Waals surface area contributed by atoms with Crippen LogP contribution < -0.4 is 10.5 Å². The molecule has 1 aromatic heterocycles. The van der Waals surface area contributed by atoms with E-state index in [1.165, 1.54) is 38.7 Å². The van der Waals surface area contributed by atoms with Crippen LogP contribution in [0.4, 0.5) is 5.69 Å². The number of piperidine rings is 1. The number of nitrogens with one attached hydrogen (secondary N) is 2. The van der Waals surface area contributed by atoms with E-state index in [1.54, 1.807) is 6.07 Å². The van der Waals surface area contributed by atoms with E-state index in [1.807, 2.05) is 36.4 Å². The smallest absolute Gasteiger partial charge is 0.155 e. The standard InChI is InChI=1S/C26H28N6O/c27-24-9-7-21(26-29-17-30-31-26)16-23(24)25(28)20-5-4-19-15-22(8-6-18(19)14-20)33-13-12-32-10-2-1-3-11-32/h4-9,14-17,28H,1-3,10-13,27H2,(H,29,30,31). The molecule has 1 aliphatic heterocycles. The van der Waals surface area contributed by atoms with Crippen molar-refractivity contribution in [1.29, 1.82) is 5.41 Å². The predicted octanol–water partition coefficient (Wildman–Crippen LogP) is 4.49. The Kier molecular flexibility index (Phi) is 6.04. The first kappa shape index (κ1) is 21.2. The fourth-order valence-corrected chi connectivity index (χ4v) is 4.36. The Balaban J connectivity index is 1.31. The maximum atomic E-state index is 8.78. The molecule has 33 heavy (non-hydrogen) atoms. The fourth-order valence-electron chi connectivity index (χ4n) is 4.36. The van der Waals surface area contributed by atoms with E-state index in [2.05, 4.69) is 32.2 Å². The van der Waals surface area contributed by atoms with Gasteiger partial charge in [0.25, 0.3) is 0 Å². The molecule has 0 atom stereocenters. The number of fused-ring (bicyclic) bond motifs is 1. The van der Waals surface area contributed by atoms with Crippen LogP contribution in [0, 0.1) is 5.41 Å². The van der Waals surface area contributed by atoms with Crippen LogP contribution in [0.2, 0.25) is 0 Å². The van der Waals surface area contributed by atoms with Gasteiger partial charge in [-0.05, 0) is 73.1 Å². The van der Waals surface area contributed by atoms with Crippen LogP contribution in [0.15, 0.2) is 60.9 Å². The van der Waals surface area contributed by atoms with Gasteiger partial charge in [0, 0.05) is 28.9 Å². The molecular formula is C26H28N6O. The molecule has 0 spiro atoms. The van der Waals surface area contributed by atoms with Gasteiger partial charge in [0.1, 0.15) is 18.7 Å². The first-order valence-electron chi connectivity index (χ1n) is 11.4. The lowest BCUT2D eigenvalue weighted by atomic mass is 9.96. The minimum absolute atomic E-state index is 0.373. The predicted molar refractivity (Wildman–Crippen MR) is 132 cm³/mol. The number of nitrogens with zero attached hydrogens (tertiary/aromatic N) is 3. The van der Waals surface area contributed by atoms with Gasteiger partial charge in [0.2, 0.25) is 0 Å². The Morgan fingerprint density at radius 2 is 1.82 bits per heavy atom. The first-order valence-corrected chi connectivity index (χ1v) is 11.4. The second kappa shape index (κ2) is 9.42. The number of benzene rings is 3. The minimum atomic E-state index is 0.373. The molecule has 1 saturated heterocycles. The zero-order valence-electron chi connectivity index (χ0n) is 18.6. The lowest BCUT2D eigenvalue weighted by Gasteiger charge is -2.26. The van der Waals surface area contributed by atoms with E-state index < -0.39 is 0 Å². The Hall–Kier alpha value is -3.71. The molecule has 0 radical (unpaired) electrons. The molecule has 3 aromatic carbocycles. The van der Waals surface area contributed by atoms with E-state index in [9.17, 15) is 0 Å². The Labute approximate surface area is 193 Å². The second-order valence-electron chi connectivity index (χ2n) is 8.49. The maximum absolute atomic E-state index is 8.78. The molecule has 4 aromatic rings. The van der Waals surface area contributed by atoms with Crippen LogP contribution in [-0.4, -0.2) is 52.0 Å². The van der Waals surface area contributed by atoms with Crippen LogP contribution in [0.1, 0.15) is 30.4 Å². The molecule has 1 aliphatic rings. The van der Waals surface area contributed by atoms with E-state index in [0.29, 0.717) is 29.4 Å². The minimum Gasteiger partial charge on any atom is -0.492 e. The molecule has 1 fully saturated rings. The molecule has 7 heteroatoms. The van der Waals surface area contributed by atoms with E-state index >= 15 is 0 Å². The van der Waals surface area contributed by atoms with Gasteiger partial charge in [-0.25, -0.2) is 4.98 Å². The van der Waals surface area contributed by atoms with Crippen LogP contribution in [-0.2, 0) is 0 Å². The van der Waals surface area contributed by atoms with Crippen molar-refractivity contribution in [3.63, 3.8) is 0 Å². The third kappa shape index (κ3) is 4.73. The van der Waals surface area contributed by atoms with E-state index in [4.69, 9.17) is 15.9 Å². The molecule has 2 heterocycles. The van der Waals surface area contributed by atoms with Crippen LogP contribution in [0.25, 0.3) is 22.2 Å². The summed E-state index contributed by atoms with van der Waals surface area (Å²) < 4.78 is 6.01. The van der Waals surface area contributed by atoms with Gasteiger partial charge in [-0.3, -0.25) is 15.4 Å². The normalized spacial score (nSPS) is 14.4. The third-order valence-corrected chi connectivity index (χ3v) is 6.24. The number of ether oxygens (including phenoxy) is 1. The van der Waals surface area contributed by atoms with Crippen molar-refractivity contribution in [1.82, 2.24) is 20.1 Å². The monoisotopic (exact) mass is 440 g/mol. The molecule has 5 rings (SSSR count). The highest BCUT2D eigenvalue weighted by Gasteiger charge is 2.13. The molecule has 7 nitrogen and oxygen atoms in total. The number of hydrogen-bond acceptors (Lipinski definition) is 6. The number of anilines is 1. The summed E-state index contributed by atoms with van der Waals surface area (Å²) >= 11 is 0. The van der Waals surface area contributed by atoms with Crippen LogP contribution in [0.3, 0.4) is 0 Å². The van der Waals surface area contributed by atoms with E-state index in [-0.39, 0.29) is 0 Å². The molecule has 0 aliphatic carbocycles. The summed E-state index contributed by atoms with van der Waals surface area (Å²) in [5.41, 5.74) is 9.45. The maximum Gasteiger partial charge on any atom is 0.155 e. The van der Waals surface area contributed by atoms with E-state index in [0.717, 1.165) is 34.2 Å². The van der Waals surface area contributed by atoms with Gasteiger partial charge in [-0.1, -0.05) is 24.6 Å². The lowest BCUT2D eigenvalue weighted by Crippen LogP contribution is -2.33. The summed E-state index contributed by atoms with van der Waals surface area (Å²) in [4.78, 5) is 6.67. The molecule has 168 valence electrons. The fraction of sp³-hybridized carbons (Fsp3) is 0.269. The molecule has 0 unspecified atom stereocenters. The van der Waals surface area contributed by atoms with Crippen LogP contribution >= 0.6 is 0 Å². The number of H-pyrrole nitrogens is 1. The SMILES string of the molecule is N=C(c1ccc2cc(OCCN3CCCCC3)ccc2c1)c1cc(-c2ncn[nH]2)ccc1N. The zero-order valence-corrected chi connectivity index (χ0v) is 18.6. The first-order chi connectivity index (χ1) is 16.2. The number of nitrogen functional groups attached to an aromatic ring is 1. The average molecular weight is 441 g/mol. The third-order valence-electron chi connectivity index (χ3n) is 6.24. The number of likely N-dealkylation sites (tertiary alicyclic amines) is 1. The van der Waals surface area contributed by atoms with Gasteiger partial charge in [0.05, 0.1) is 5.71 Å². The Morgan fingerprint density at radius 3 is 2.64 bits per heavy atom. The van der Waals surface area contributed by atoms with Crippen molar-refractivity contribution in [3.8, 4) is 17.1 Å². The zero-order chi connectivity index (χ0) is 22.6. The van der Waals surface area contributed by atoms with Crippen molar-refractivity contribution < 1.29 is 4.74 Å². The Bertz CT molecular complexity index is 1260. The summed E-state index contributed by atoms with van der Waals surface area (Å²) in [6.45, 7) is 4.04. The van der Waals surface area contributed by atoms with Gasteiger partial charge in [-0.15, -0.1) is 0 Å². The highest BCUT2D eigenvalue weighted by Crippen LogP contribution is 2.26. The summed E-state index contributed by atoms with van der Waals surface area (Å²) in [7, 11) is 0. The van der Waals surface area contributed by atoms with Crippen molar-refractivity contribution in [3.05, 3.63) is 72.1 Å². The summed E-state index contributed by atoms with van der Waals surface area (Å²) in [5, 5.41) is 17.7. The number of aromatic amines is 1. The topological polar surface area (TPSA) is 104 Å². The summed E-state index contributed by atoms with van der Waals surface area (Å²) in [6, 6.07) is 17.7. The van der Waals surface area contributed by atoms with Crippen molar-refractivity contribution in [2.24, 2.45) is 0 Å². The molecule has 0 amide bonds. The Morgan fingerprint density at radius 1 is 1.00 bits per heavy atom. The van der Waals surface area contributed by atoms with Crippen molar-refractivity contribution in [2.45, 2.75) is 19.3 Å². The molecule has 0 bridgehead atoms. The van der Waals surface area contributed by atoms with Gasteiger partial charge in [0.15, 0.2) is 5.82 Å². The summed E-state index contributed by atoms with van der Waals surface area (Å²) in [6.07, 6.45) is 5.40. The van der Waals surface area contributed by atoms with Crippen molar-refractivity contribution in [2.75, 3.05) is 32.0 Å². The highest BCUT2D eigenvalue weighted by molar-refractivity contribution is 6.15. The molecular weight excluding hydrogens is 412 g/mol. The second-order valence-corrected chi connectivity index (χ2v) is 8.49. The largest absolute Gasteiger partial charge is 0.492 e. The molecule has 0 saturated carbocycles. The van der Waals surface area contributed by atoms with Gasteiger partial charge < -0.3 is 10.5 Å². The number of aromatic nitrogens is 3. The quantitative estimate of drug-likeness (QED) is 0.290. The number of nitrogens with two attached hydrogens (primary N) is 1. The summed E-state index contributed by atoms with van der Waals surface area (Å²) in [5.74, 6) is 1.53. The number of rotatable bonds is 7. The lowest BCUT2D eigenvalue weighted by molar-refractivity contribution is 0.183.